The van der Waals surface area contributed by atoms with Crippen molar-refractivity contribution in [3.8, 4) is 22.6 Å². The fraction of sp³-hybridized carbons (Fsp3) is 0.314. The lowest BCUT2D eigenvalue weighted by Gasteiger charge is -2.13. The van der Waals surface area contributed by atoms with Gasteiger partial charge in [-0.15, -0.1) is 13.2 Å². The Kier molecular flexibility index (Phi) is 12.8. The first-order valence-corrected chi connectivity index (χ1v) is 16.6. The van der Waals surface area contributed by atoms with Crippen molar-refractivity contribution < 1.29 is 36.4 Å². The molecule has 0 saturated heterocycles. The molecule has 8 nitrogen and oxygen atoms in total. The molecule has 1 atom stereocenters. The Balaban J connectivity index is 1.41. The number of amides is 1. The Morgan fingerprint density at radius 2 is 1.70 bits per heavy atom. The van der Waals surface area contributed by atoms with Crippen molar-refractivity contribution >= 4 is 28.5 Å². The van der Waals surface area contributed by atoms with Crippen molar-refractivity contribution in [2.75, 3.05) is 25.1 Å². The Morgan fingerprint density at radius 3 is 2.38 bits per heavy atom. The third-order valence-corrected chi connectivity index (χ3v) is 8.46. The minimum absolute atomic E-state index is 0.0619. The van der Waals surface area contributed by atoms with Crippen LogP contribution in [0.15, 0.2) is 84.0 Å². The molecular formula is C35H38F3N3O5S. The molecular weight excluding hydrogens is 631 g/mol. The largest absolute Gasteiger partial charge is 0.573 e. The minimum atomic E-state index is -4.91. The molecule has 250 valence electrons. The van der Waals surface area contributed by atoms with E-state index in [1.807, 2.05) is 18.4 Å². The van der Waals surface area contributed by atoms with Crippen molar-refractivity contribution in [3.63, 3.8) is 0 Å². The number of hydrogen-bond donors (Lipinski definition) is 1. The summed E-state index contributed by atoms with van der Waals surface area (Å²) in [5.74, 6) is -0.0631. The van der Waals surface area contributed by atoms with Gasteiger partial charge < -0.3 is 24.1 Å². The Hall–Kier alpha value is -4.42. The Morgan fingerprint density at radius 1 is 0.979 bits per heavy atom. The predicted molar refractivity (Wildman–Crippen MR) is 177 cm³/mol. The van der Waals surface area contributed by atoms with E-state index < -0.39 is 28.8 Å². The van der Waals surface area contributed by atoms with Crippen LogP contribution in [-0.4, -0.2) is 45.9 Å². The molecule has 12 heteroatoms. The van der Waals surface area contributed by atoms with Gasteiger partial charge >= 0.3 is 6.36 Å². The molecule has 47 heavy (non-hydrogen) atoms. The van der Waals surface area contributed by atoms with Gasteiger partial charge in [0.2, 0.25) is 5.91 Å². The molecule has 0 aliphatic rings. The van der Waals surface area contributed by atoms with E-state index in [1.54, 1.807) is 54.9 Å². The zero-order valence-electron chi connectivity index (χ0n) is 26.5. The number of imidazole rings is 1. The first kappa shape index (κ1) is 35.4. The number of aryl methyl sites for hydroxylation is 2. The normalized spacial score (nSPS) is 12.3. The third-order valence-electron chi connectivity index (χ3n) is 7.12. The number of anilines is 1. The highest BCUT2D eigenvalue weighted by Crippen LogP contribution is 2.32. The maximum absolute atomic E-state index is 13.1. The maximum Gasteiger partial charge on any atom is 0.573 e. The van der Waals surface area contributed by atoms with E-state index in [2.05, 4.69) is 22.0 Å². The van der Waals surface area contributed by atoms with E-state index in [4.69, 9.17) is 9.47 Å². The van der Waals surface area contributed by atoms with Crippen LogP contribution in [0, 0.1) is 6.92 Å². The molecule has 0 aliphatic carbocycles. The van der Waals surface area contributed by atoms with Gasteiger partial charge in [-0.1, -0.05) is 31.5 Å². The molecule has 0 saturated carbocycles. The summed E-state index contributed by atoms with van der Waals surface area (Å²) in [6, 6.07) is 17.9. The van der Waals surface area contributed by atoms with Crippen molar-refractivity contribution in [1.29, 1.82) is 0 Å². The van der Waals surface area contributed by atoms with Gasteiger partial charge in [-0.25, -0.2) is 4.98 Å². The monoisotopic (exact) mass is 669 g/mol. The van der Waals surface area contributed by atoms with Crippen molar-refractivity contribution in [2.24, 2.45) is 0 Å². The number of hydrogen-bond acceptors (Lipinski definition) is 6. The molecule has 0 fully saturated rings. The SMILES string of the molecule is CCCCOCCOc1ccc(-c2ccc(OC(F)(F)F)c(/C=C/C(=O)Nc3ccc(S(=O)Cc4c(C)ncn4CC)cc3)c2)cc1. The van der Waals surface area contributed by atoms with E-state index in [0.717, 1.165) is 42.4 Å². The summed E-state index contributed by atoms with van der Waals surface area (Å²) in [6.45, 7) is 8.25. The van der Waals surface area contributed by atoms with Crippen LogP contribution in [0.3, 0.4) is 0 Å². The standard InChI is InChI=1S/C35H38F3N3O5S/c1-4-6-19-44-20-21-45-30-13-7-26(8-14-30)27-9-17-33(46-35(36,37)38)28(22-27)10-18-34(42)40-29-11-15-31(16-12-29)47(43)23-32-25(3)39-24-41(32)5-2/h7-18,22,24H,4-6,19-21,23H2,1-3H3,(H,40,42)/b18-10+. The van der Waals surface area contributed by atoms with E-state index in [0.29, 0.717) is 47.5 Å². The first-order chi connectivity index (χ1) is 22.6. The molecule has 1 N–H and O–H groups in total. The summed E-state index contributed by atoms with van der Waals surface area (Å²) in [5, 5.41) is 2.68. The lowest BCUT2D eigenvalue weighted by Crippen LogP contribution is -2.17. The van der Waals surface area contributed by atoms with Gasteiger partial charge in [0.15, 0.2) is 0 Å². The minimum Gasteiger partial charge on any atom is -0.491 e. The average molecular weight is 670 g/mol. The average Bonchev–Trinajstić information content (AvgIpc) is 3.40. The highest BCUT2D eigenvalue weighted by Gasteiger charge is 2.32. The quantitative estimate of drug-likeness (QED) is 0.0963. The molecule has 4 rings (SSSR count). The van der Waals surface area contributed by atoms with Gasteiger partial charge in [-0.3, -0.25) is 9.00 Å². The van der Waals surface area contributed by atoms with E-state index in [9.17, 15) is 22.2 Å². The fourth-order valence-electron chi connectivity index (χ4n) is 4.60. The van der Waals surface area contributed by atoms with Crippen LogP contribution in [0.25, 0.3) is 17.2 Å². The van der Waals surface area contributed by atoms with Crippen LogP contribution in [0.1, 0.15) is 43.6 Å². The number of unbranched alkanes of at least 4 members (excludes halogenated alkanes) is 1. The number of halogens is 3. The summed E-state index contributed by atoms with van der Waals surface area (Å²) in [5.41, 5.74) is 3.58. The van der Waals surface area contributed by atoms with Gasteiger partial charge in [0, 0.05) is 35.4 Å². The number of nitrogens with one attached hydrogen (secondary N) is 1. The zero-order valence-corrected chi connectivity index (χ0v) is 27.3. The van der Waals surface area contributed by atoms with Gasteiger partial charge in [0.25, 0.3) is 0 Å². The van der Waals surface area contributed by atoms with Crippen molar-refractivity contribution in [1.82, 2.24) is 9.55 Å². The second-order valence-electron chi connectivity index (χ2n) is 10.5. The molecule has 1 heterocycles. The smallest absolute Gasteiger partial charge is 0.491 e. The molecule has 1 aromatic heterocycles. The number of aromatic nitrogens is 2. The summed E-state index contributed by atoms with van der Waals surface area (Å²) < 4.78 is 69.7. The maximum atomic E-state index is 13.1. The topological polar surface area (TPSA) is 91.7 Å². The first-order valence-electron chi connectivity index (χ1n) is 15.2. The fourth-order valence-corrected chi connectivity index (χ4v) is 5.83. The van der Waals surface area contributed by atoms with Gasteiger partial charge in [0.1, 0.15) is 18.1 Å². The summed E-state index contributed by atoms with van der Waals surface area (Å²) in [7, 11) is -1.32. The summed E-state index contributed by atoms with van der Waals surface area (Å²) in [4.78, 5) is 17.6. The molecule has 3 aromatic carbocycles. The van der Waals surface area contributed by atoms with Crippen LogP contribution in [0.5, 0.6) is 11.5 Å². The van der Waals surface area contributed by atoms with Crippen molar-refractivity contribution in [3.05, 3.63) is 96.1 Å². The zero-order chi connectivity index (χ0) is 33.8. The summed E-state index contributed by atoms with van der Waals surface area (Å²) in [6.07, 6.45) is 1.26. The molecule has 0 bridgehead atoms. The van der Waals surface area contributed by atoms with Crippen LogP contribution in [-0.2, 0) is 32.6 Å². The highest BCUT2D eigenvalue weighted by molar-refractivity contribution is 7.84. The number of benzene rings is 3. The van der Waals surface area contributed by atoms with E-state index in [1.165, 1.54) is 24.3 Å². The van der Waals surface area contributed by atoms with Crippen LogP contribution in [0.4, 0.5) is 18.9 Å². The number of rotatable bonds is 16. The highest BCUT2D eigenvalue weighted by atomic mass is 32.2. The second-order valence-corrected chi connectivity index (χ2v) is 12.0. The van der Waals surface area contributed by atoms with E-state index >= 15 is 0 Å². The Bertz CT molecular complexity index is 1670. The van der Waals surface area contributed by atoms with Gasteiger partial charge in [-0.05, 0) is 86.0 Å². The molecule has 1 amide bonds. The van der Waals surface area contributed by atoms with Crippen LogP contribution >= 0.6 is 0 Å². The predicted octanol–water partition coefficient (Wildman–Crippen LogP) is 7.93. The number of carbonyl (C=O) groups excluding carboxylic acids is 1. The third kappa shape index (κ3) is 10.8. The van der Waals surface area contributed by atoms with Crippen molar-refractivity contribution in [2.45, 2.75) is 57.2 Å². The lowest BCUT2D eigenvalue weighted by atomic mass is 10.0. The number of nitrogens with zero attached hydrogens (tertiary/aromatic N) is 2. The summed E-state index contributed by atoms with van der Waals surface area (Å²) >= 11 is 0. The molecule has 1 unspecified atom stereocenters. The number of alkyl halides is 3. The van der Waals surface area contributed by atoms with Gasteiger partial charge in [0.05, 0.1) is 40.9 Å². The molecule has 0 spiro atoms. The Labute approximate surface area is 275 Å². The van der Waals surface area contributed by atoms with Crippen LogP contribution in [0.2, 0.25) is 0 Å². The lowest BCUT2D eigenvalue weighted by molar-refractivity contribution is -0.274. The molecule has 4 aromatic rings. The molecule has 0 radical (unpaired) electrons. The molecule has 0 aliphatic heterocycles. The second kappa shape index (κ2) is 16.9. The van der Waals surface area contributed by atoms with E-state index in [-0.39, 0.29) is 5.56 Å². The van der Waals surface area contributed by atoms with Crippen LogP contribution < -0.4 is 14.8 Å². The number of carbonyl (C=O) groups is 1. The number of ether oxygens (including phenoxy) is 3. The van der Waals surface area contributed by atoms with Gasteiger partial charge in [-0.2, -0.15) is 0 Å².